The van der Waals surface area contributed by atoms with Gasteiger partial charge in [0, 0.05) is 0 Å². The molecule has 0 amide bonds. The van der Waals surface area contributed by atoms with Crippen molar-refractivity contribution in [1.29, 1.82) is 0 Å². The molecule has 0 bridgehead atoms. The number of carbonyl (C=O) groups is 1. The fourth-order valence-electron chi connectivity index (χ4n) is 0.747. The Bertz CT molecular complexity index is 288. The number of esters is 1. The SMILES string of the molecule is Nc1ccccc1OC(=O)[CH2][Hg]. The fraction of sp³-hybridized carbons (Fsp3) is 0.125. The van der Waals surface area contributed by atoms with E-state index >= 15 is 0 Å². The van der Waals surface area contributed by atoms with Crippen molar-refractivity contribution in [3.8, 4) is 5.75 Å². The zero-order valence-corrected chi connectivity index (χ0v) is 12.1. The van der Waals surface area contributed by atoms with Crippen LogP contribution in [0.3, 0.4) is 0 Å². The van der Waals surface area contributed by atoms with Crippen LogP contribution in [-0.2, 0) is 30.9 Å². The van der Waals surface area contributed by atoms with Crippen molar-refractivity contribution in [3.05, 3.63) is 24.3 Å². The Labute approximate surface area is 86.9 Å². The molecule has 2 N–H and O–H groups in total. The summed E-state index contributed by atoms with van der Waals surface area (Å²) in [6.45, 7) is 0. The summed E-state index contributed by atoms with van der Waals surface area (Å²) in [5.74, 6) is 0.282. The molecule has 0 unspecified atom stereocenters. The number of para-hydroxylation sites is 2. The van der Waals surface area contributed by atoms with Crippen LogP contribution in [-0.4, -0.2) is 5.97 Å². The van der Waals surface area contributed by atoms with Crippen molar-refractivity contribution in [1.82, 2.24) is 0 Å². The number of carbonyl (C=O) groups excluding carboxylic acids is 1. The number of ether oxygens (including phenoxy) is 1. The van der Waals surface area contributed by atoms with E-state index in [4.69, 9.17) is 10.5 Å². The summed E-state index contributed by atoms with van der Waals surface area (Å²) in [5, 5.41) is 0. The average molecular weight is 351 g/mol. The molecule has 1 rings (SSSR count). The third-order valence-electron chi connectivity index (χ3n) is 1.35. The Morgan fingerprint density at radius 2 is 2.17 bits per heavy atom. The van der Waals surface area contributed by atoms with Crippen LogP contribution in [0, 0.1) is 0 Å². The van der Waals surface area contributed by atoms with Crippen LogP contribution in [0.4, 0.5) is 5.69 Å². The molecule has 3 nitrogen and oxygen atoms in total. The second-order valence-corrected chi connectivity index (χ2v) is 4.21. The van der Waals surface area contributed by atoms with Gasteiger partial charge < -0.3 is 0 Å². The van der Waals surface area contributed by atoms with Crippen molar-refractivity contribution in [2.75, 3.05) is 5.73 Å². The minimum absolute atomic E-state index is 0.184. The third-order valence-corrected chi connectivity index (χ3v) is 2.93. The van der Waals surface area contributed by atoms with E-state index in [0.29, 0.717) is 41.5 Å². The summed E-state index contributed by atoms with van der Waals surface area (Å²) in [5.41, 5.74) is 6.07. The van der Waals surface area contributed by atoms with Crippen molar-refractivity contribution >= 4 is 11.7 Å². The molecule has 0 aliphatic carbocycles. The normalized spacial score (nSPS) is 9.50. The van der Waals surface area contributed by atoms with Crippen molar-refractivity contribution in [2.45, 2.75) is 3.93 Å². The summed E-state index contributed by atoms with van der Waals surface area (Å²) in [6, 6.07) is 6.99. The quantitative estimate of drug-likeness (QED) is 0.377. The number of anilines is 1. The molecule has 0 saturated heterocycles. The Morgan fingerprint density at radius 3 is 2.75 bits per heavy atom. The van der Waals surface area contributed by atoms with Gasteiger partial charge in [-0.05, 0) is 0 Å². The van der Waals surface area contributed by atoms with Gasteiger partial charge in [-0.3, -0.25) is 0 Å². The predicted molar refractivity (Wildman–Crippen MR) is 41.3 cm³/mol. The second kappa shape index (κ2) is 4.45. The van der Waals surface area contributed by atoms with Crippen LogP contribution in [0.1, 0.15) is 0 Å². The van der Waals surface area contributed by atoms with E-state index in [1.165, 1.54) is 0 Å². The van der Waals surface area contributed by atoms with Gasteiger partial charge in [0.25, 0.3) is 0 Å². The maximum atomic E-state index is 10.9. The summed E-state index contributed by atoms with van der Waals surface area (Å²) in [7, 11) is 0. The van der Waals surface area contributed by atoms with Crippen LogP contribution in [0.5, 0.6) is 5.75 Å². The molecule has 0 spiro atoms. The van der Waals surface area contributed by atoms with E-state index in [1.54, 1.807) is 24.3 Å². The Balaban J connectivity index is 2.75. The van der Waals surface area contributed by atoms with Gasteiger partial charge in [-0.2, -0.15) is 0 Å². The maximum absolute atomic E-state index is 10.9. The van der Waals surface area contributed by atoms with E-state index in [2.05, 4.69) is 0 Å². The molecule has 0 aromatic heterocycles. The van der Waals surface area contributed by atoms with Crippen LogP contribution in [0.15, 0.2) is 24.3 Å². The number of nitrogen functional groups attached to an aromatic ring is 1. The van der Waals surface area contributed by atoms with E-state index in [9.17, 15) is 4.79 Å². The number of nitrogens with two attached hydrogens (primary N) is 1. The Kier molecular flexibility index (Phi) is 3.53. The molecule has 12 heavy (non-hydrogen) atoms. The summed E-state index contributed by atoms with van der Waals surface area (Å²) < 4.78 is 5.53. The van der Waals surface area contributed by atoms with Gasteiger partial charge in [0.05, 0.1) is 0 Å². The van der Waals surface area contributed by atoms with Gasteiger partial charge in [0.1, 0.15) is 0 Å². The number of hydrogen-bond donors (Lipinski definition) is 1. The monoisotopic (exact) mass is 352 g/mol. The molecule has 59 valence electrons. The third kappa shape index (κ3) is 2.48. The van der Waals surface area contributed by atoms with Gasteiger partial charge in [-0.15, -0.1) is 0 Å². The minimum atomic E-state index is -0.184. The van der Waals surface area contributed by atoms with Crippen LogP contribution in [0.2, 0.25) is 3.93 Å². The number of hydrogen-bond acceptors (Lipinski definition) is 3. The Morgan fingerprint density at radius 1 is 1.50 bits per heavy atom. The van der Waals surface area contributed by atoms with E-state index in [0.717, 1.165) is 0 Å². The molecular formula is C8H8HgNO2. The molecule has 0 fully saturated rings. The standard InChI is InChI=1S/C8H8NO2.Hg/c1-6(10)11-8-5-3-2-4-7(8)9;/h2-5H,1,9H2;. The van der Waals surface area contributed by atoms with Crippen molar-refractivity contribution in [3.63, 3.8) is 0 Å². The molecular weight excluding hydrogens is 343 g/mol. The van der Waals surface area contributed by atoms with Gasteiger partial charge in [0.2, 0.25) is 0 Å². The van der Waals surface area contributed by atoms with Crippen molar-refractivity contribution in [2.24, 2.45) is 0 Å². The predicted octanol–water partition coefficient (Wildman–Crippen LogP) is 1.14. The summed E-state index contributed by atoms with van der Waals surface area (Å²) in [4.78, 5) is 10.9. The first-order valence-corrected chi connectivity index (χ1v) is 7.47. The van der Waals surface area contributed by atoms with Gasteiger partial charge in [-0.1, -0.05) is 0 Å². The first kappa shape index (κ1) is 9.51. The van der Waals surface area contributed by atoms with Gasteiger partial charge >= 0.3 is 87.0 Å². The number of benzene rings is 1. The van der Waals surface area contributed by atoms with E-state index in [-0.39, 0.29) is 5.97 Å². The molecule has 0 radical (unpaired) electrons. The van der Waals surface area contributed by atoms with Gasteiger partial charge in [-0.25, -0.2) is 0 Å². The molecule has 0 heterocycles. The average Bonchev–Trinajstić information content (AvgIpc) is 2.09. The molecule has 0 atom stereocenters. The fourth-order valence-corrected chi connectivity index (χ4v) is 1.14. The zero-order valence-electron chi connectivity index (χ0n) is 6.62. The van der Waals surface area contributed by atoms with E-state index < -0.39 is 0 Å². The first-order chi connectivity index (χ1) is 5.74. The van der Waals surface area contributed by atoms with Crippen LogP contribution >= 0.6 is 0 Å². The molecule has 0 saturated carbocycles. The number of rotatable bonds is 2. The summed E-state index contributed by atoms with van der Waals surface area (Å²) >= 11 is 0.448. The second-order valence-electron chi connectivity index (χ2n) is 2.26. The van der Waals surface area contributed by atoms with Crippen LogP contribution in [0.25, 0.3) is 0 Å². The molecule has 0 aliphatic rings. The first-order valence-electron chi connectivity index (χ1n) is 3.58. The van der Waals surface area contributed by atoms with E-state index in [1.807, 2.05) is 0 Å². The molecule has 0 aliphatic heterocycles. The van der Waals surface area contributed by atoms with Gasteiger partial charge in [0.15, 0.2) is 0 Å². The Hall–Kier alpha value is -0.575. The van der Waals surface area contributed by atoms with Crippen LogP contribution < -0.4 is 10.5 Å². The molecule has 4 heteroatoms. The topological polar surface area (TPSA) is 52.3 Å². The summed E-state index contributed by atoms with van der Waals surface area (Å²) in [6.07, 6.45) is 0. The van der Waals surface area contributed by atoms with Crippen molar-refractivity contribution < 1.29 is 35.7 Å². The molecule has 1 aromatic carbocycles. The zero-order chi connectivity index (χ0) is 8.97. The molecule has 1 aromatic rings.